The quantitative estimate of drug-likeness (QED) is 0.808. The molecule has 22 heavy (non-hydrogen) atoms. The number of ether oxygens (including phenoxy) is 1. The zero-order valence-electron chi connectivity index (χ0n) is 14.0. The number of benzene rings is 1. The third-order valence-electron chi connectivity index (χ3n) is 3.07. The Morgan fingerprint density at radius 1 is 1.32 bits per heavy atom. The molecule has 3 N–H and O–H groups in total. The average molecular weight is 329 g/mol. The van der Waals surface area contributed by atoms with Gasteiger partial charge in [-0.25, -0.2) is 0 Å². The molecule has 1 rings (SSSR count). The molecule has 0 aliphatic rings. The number of halogens is 1. The van der Waals surface area contributed by atoms with Crippen LogP contribution in [-0.2, 0) is 22.7 Å². The summed E-state index contributed by atoms with van der Waals surface area (Å²) >= 11 is 0. The molecule has 0 spiro atoms. The van der Waals surface area contributed by atoms with Crippen molar-refractivity contribution in [3.05, 3.63) is 35.4 Å². The summed E-state index contributed by atoms with van der Waals surface area (Å²) in [6.07, 6.45) is 1.62. The first-order chi connectivity index (χ1) is 9.81. The van der Waals surface area contributed by atoms with E-state index in [-0.39, 0.29) is 23.9 Å². The topological polar surface area (TPSA) is 64.4 Å². The van der Waals surface area contributed by atoms with Crippen LogP contribution in [0.2, 0.25) is 0 Å². The van der Waals surface area contributed by atoms with Crippen LogP contribution in [0, 0.1) is 0 Å². The lowest BCUT2D eigenvalue weighted by Crippen LogP contribution is -2.40. The van der Waals surface area contributed by atoms with E-state index in [1.54, 1.807) is 0 Å². The van der Waals surface area contributed by atoms with Crippen molar-refractivity contribution >= 4 is 18.3 Å². The molecule has 0 saturated heterocycles. The molecule has 1 aromatic carbocycles. The van der Waals surface area contributed by atoms with Gasteiger partial charge in [0.15, 0.2) is 0 Å². The van der Waals surface area contributed by atoms with Gasteiger partial charge in [-0.3, -0.25) is 4.79 Å². The standard InChI is InChI=1S/C17H28N2O2.ClH/c1-5-7-15(18)16(20)19-11-13-8-6-9-14(10-13)12-21-17(2,3)4;/h6,8-10,15H,5,7,11-12,18H2,1-4H3,(H,19,20);1H. The molecule has 0 aromatic heterocycles. The molecular weight excluding hydrogens is 300 g/mol. The van der Waals surface area contributed by atoms with E-state index < -0.39 is 6.04 Å². The zero-order valence-corrected chi connectivity index (χ0v) is 14.8. The molecule has 0 heterocycles. The monoisotopic (exact) mass is 328 g/mol. The van der Waals surface area contributed by atoms with Crippen molar-refractivity contribution < 1.29 is 9.53 Å². The van der Waals surface area contributed by atoms with Crippen LogP contribution < -0.4 is 11.1 Å². The molecule has 1 amide bonds. The second kappa shape index (κ2) is 9.82. The second-order valence-electron chi connectivity index (χ2n) is 6.33. The van der Waals surface area contributed by atoms with Crippen molar-refractivity contribution in [1.29, 1.82) is 0 Å². The first-order valence-corrected chi connectivity index (χ1v) is 7.57. The van der Waals surface area contributed by atoms with E-state index in [0.29, 0.717) is 19.6 Å². The van der Waals surface area contributed by atoms with Gasteiger partial charge in [-0.2, -0.15) is 0 Å². The Hall–Kier alpha value is -1.10. The summed E-state index contributed by atoms with van der Waals surface area (Å²) in [7, 11) is 0. The Balaban J connectivity index is 0.00000441. The van der Waals surface area contributed by atoms with E-state index in [2.05, 4.69) is 11.4 Å². The minimum atomic E-state index is -0.414. The largest absolute Gasteiger partial charge is 0.371 e. The number of rotatable bonds is 7. The Kier molecular flexibility index (Phi) is 9.33. The smallest absolute Gasteiger partial charge is 0.237 e. The highest BCUT2D eigenvalue weighted by Gasteiger charge is 2.12. The number of hydrogen-bond acceptors (Lipinski definition) is 3. The van der Waals surface area contributed by atoms with Gasteiger partial charge in [-0.05, 0) is 38.3 Å². The Bertz CT molecular complexity index is 458. The molecule has 0 saturated carbocycles. The van der Waals surface area contributed by atoms with Crippen LogP contribution in [-0.4, -0.2) is 17.6 Å². The molecule has 5 heteroatoms. The van der Waals surface area contributed by atoms with Crippen molar-refractivity contribution in [3.63, 3.8) is 0 Å². The van der Waals surface area contributed by atoms with E-state index in [0.717, 1.165) is 17.5 Å². The first-order valence-electron chi connectivity index (χ1n) is 7.57. The fourth-order valence-corrected chi connectivity index (χ4v) is 1.89. The predicted molar refractivity (Wildman–Crippen MR) is 93.0 cm³/mol. The molecular formula is C17H29ClN2O2. The fourth-order valence-electron chi connectivity index (χ4n) is 1.89. The Labute approximate surface area is 140 Å². The van der Waals surface area contributed by atoms with E-state index >= 15 is 0 Å². The van der Waals surface area contributed by atoms with Gasteiger partial charge in [0.1, 0.15) is 0 Å². The highest BCUT2D eigenvalue weighted by Crippen LogP contribution is 2.13. The first kappa shape index (κ1) is 20.9. The number of hydrogen-bond donors (Lipinski definition) is 2. The Morgan fingerprint density at radius 2 is 1.95 bits per heavy atom. The maximum atomic E-state index is 11.8. The summed E-state index contributed by atoms with van der Waals surface area (Å²) < 4.78 is 5.76. The van der Waals surface area contributed by atoms with Crippen molar-refractivity contribution in [2.75, 3.05) is 0 Å². The zero-order chi connectivity index (χ0) is 15.9. The maximum Gasteiger partial charge on any atom is 0.237 e. The lowest BCUT2D eigenvalue weighted by molar-refractivity contribution is -0.122. The summed E-state index contributed by atoms with van der Waals surface area (Å²) in [6, 6.07) is 7.64. The number of carbonyl (C=O) groups excluding carboxylic acids is 1. The summed E-state index contributed by atoms with van der Waals surface area (Å²) in [5.41, 5.74) is 7.79. The van der Waals surface area contributed by atoms with Crippen molar-refractivity contribution in [2.45, 2.75) is 65.3 Å². The van der Waals surface area contributed by atoms with Gasteiger partial charge in [0.05, 0.1) is 18.2 Å². The number of nitrogens with one attached hydrogen (secondary N) is 1. The molecule has 1 atom stereocenters. The number of carbonyl (C=O) groups is 1. The van der Waals surface area contributed by atoms with Gasteiger partial charge < -0.3 is 15.8 Å². The maximum absolute atomic E-state index is 11.8. The van der Waals surface area contributed by atoms with Gasteiger partial charge in [-0.15, -0.1) is 12.4 Å². The van der Waals surface area contributed by atoms with E-state index in [1.165, 1.54) is 0 Å². The molecule has 4 nitrogen and oxygen atoms in total. The third kappa shape index (κ3) is 8.37. The van der Waals surface area contributed by atoms with Gasteiger partial charge in [0, 0.05) is 6.54 Å². The highest BCUT2D eigenvalue weighted by molar-refractivity contribution is 5.85. The lowest BCUT2D eigenvalue weighted by atomic mass is 10.1. The number of amides is 1. The van der Waals surface area contributed by atoms with Crippen LogP contribution in [0.15, 0.2) is 24.3 Å². The van der Waals surface area contributed by atoms with Crippen LogP contribution in [0.4, 0.5) is 0 Å². The number of nitrogens with two attached hydrogens (primary N) is 1. The van der Waals surface area contributed by atoms with Crippen molar-refractivity contribution in [3.8, 4) is 0 Å². The minimum absolute atomic E-state index is 0. The molecule has 0 aliphatic heterocycles. The van der Waals surface area contributed by atoms with E-state index in [1.807, 2.05) is 45.9 Å². The van der Waals surface area contributed by atoms with Crippen LogP contribution in [0.1, 0.15) is 51.7 Å². The summed E-state index contributed by atoms with van der Waals surface area (Å²) in [5.74, 6) is -0.0896. The third-order valence-corrected chi connectivity index (χ3v) is 3.07. The van der Waals surface area contributed by atoms with Crippen LogP contribution in [0.3, 0.4) is 0 Å². The van der Waals surface area contributed by atoms with Crippen molar-refractivity contribution in [1.82, 2.24) is 5.32 Å². The molecule has 0 fully saturated rings. The molecule has 0 radical (unpaired) electrons. The van der Waals surface area contributed by atoms with Crippen LogP contribution in [0.25, 0.3) is 0 Å². The summed E-state index contributed by atoms with van der Waals surface area (Å²) in [4.78, 5) is 11.8. The molecule has 1 aromatic rings. The predicted octanol–water partition coefficient (Wildman–Crippen LogP) is 3.17. The lowest BCUT2D eigenvalue weighted by Gasteiger charge is -2.19. The molecule has 0 aliphatic carbocycles. The van der Waals surface area contributed by atoms with E-state index in [9.17, 15) is 4.79 Å². The summed E-state index contributed by atoms with van der Waals surface area (Å²) in [5, 5.41) is 2.88. The van der Waals surface area contributed by atoms with Crippen LogP contribution >= 0.6 is 12.4 Å². The SMILES string of the molecule is CCCC(N)C(=O)NCc1cccc(COC(C)(C)C)c1.Cl. The summed E-state index contributed by atoms with van der Waals surface area (Å²) in [6.45, 7) is 9.19. The van der Waals surface area contributed by atoms with Gasteiger partial charge in [0.2, 0.25) is 5.91 Å². The minimum Gasteiger partial charge on any atom is -0.371 e. The second-order valence-corrected chi connectivity index (χ2v) is 6.33. The van der Waals surface area contributed by atoms with Crippen LogP contribution in [0.5, 0.6) is 0 Å². The normalized spacial score (nSPS) is 12.4. The Morgan fingerprint density at radius 3 is 2.55 bits per heavy atom. The van der Waals surface area contributed by atoms with E-state index in [4.69, 9.17) is 10.5 Å². The molecule has 126 valence electrons. The van der Waals surface area contributed by atoms with Gasteiger partial charge in [0.25, 0.3) is 0 Å². The van der Waals surface area contributed by atoms with Crippen molar-refractivity contribution in [2.24, 2.45) is 5.73 Å². The van der Waals surface area contributed by atoms with Gasteiger partial charge >= 0.3 is 0 Å². The highest BCUT2D eigenvalue weighted by atomic mass is 35.5. The van der Waals surface area contributed by atoms with Gasteiger partial charge in [-0.1, -0.05) is 37.6 Å². The molecule has 1 unspecified atom stereocenters. The average Bonchev–Trinajstić information content (AvgIpc) is 2.42. The molecule has 0 bridgehead atoms. The fraction of sp³-hybridized carbons (Fsp3) is 0.588.